The van der Waals surface area contributed by atoms with Crippen LogP contribution in [0, 0.1) is 27.7 Å². The highest BCUT2D eigenvalue weighted by molar-refractivity contribution is 6.02. The van der Waals surface area contributed by atoms with Crippen LogP contribution in [0.2, 0.25) is 0 Å². The SMILES string of the molecule is CN1C(=O)Cc2cccc(C(C)(C)C)c21.Cc1ccc2[nH]c(=O)[nH]c2c1C(C)(C)C.Cc1ccc2[nH]c(=O)[nH]c2c1C(C)(C)C.Cc1ccc2c(c1C(C)(C)C)NC(=O)C2.Cc1ccc2cc(O)[nH]c2c1C(C)(C)C.Cn1c(O)cc2cccc(C(C)(C)C)c21. The Morgan fingerprint density at radius 2 is 0.867 bits per heavy atom. The van der Waals surface area contributed by atoms with Crippen LogP contribution in [0.3, 0.4) is 0 Å². The summed E-state index contributed by atoms with van der Waals surface area (Å²) in [6, 6.07) is 32.3. The van der Waals surface area contributed by atoms with Crippen LogP contribution in [-0.2, 0) is 62.0 Å². The highest BCUT2D eigenvalue weighted by atomic mass is 16.3. The van der Waals surface area contributed by atoms with E-state index in [2.05, 4.69) is 213 Å². The van der Waals surface area contributed by atoms with Gasteiger partial charge in [0.05, 0.1) is 51.6 Å². The number of nitrogens with zero attached hydrogens (tertiary/aromatic N) is 2. The van der Waals surface area contributed by atoms with Gasteiger partial charge in [-0.15, -0.1) is 0 Å². The van der Waals surface area contributed by atoms with Gasteiger partial charge in [0.2, 0.25) is 11.8 Å². The minimum Gasteiger partial charge on any atom is -0.495 e. The molecule has 0 atom stereocenters. The van der Waals surface area contributed by atoms with Gasteiger partial charge in [-0.2, -0.15) is 0 Å². The summed E-state index contributed by atoms with van der Waals surface area (Å²) < 4.78 is 1.84. The molecule has 6 heterocycles. The number of carbonyl (C=O) groups is 2. The largest absolute Gasteiger partial charge is 0.495 e. The van der Waals surface area contributed by atoms with E-state index in [1.165, 1.54) is 55.6 Å². The van der Waals surface area contributed by atoms with E-state index >= 15 is 0 Å². The lowest BCUT2D eigenvalue weighted by Crippen LogP contribution is -2.24. The first-order valence-electron chi connectivity index (χ1n) is 31.3. The van der Waals surface area contributed by atoms with Crippen LogP contribution in [0.25, 0.3) is 43.9 Å². The zero-order valence-electron chi connectivity index (χ0n) is 58.1. The number of hydrogen-bond donors (Lipinski definition) is 8. The number of amides is 2. The Bertz CT molecular complexity index is 4310. The van der Waals surface area contributed by atoms with Crippen molar-refractivity contribution in [2.24, 2.45) is 7.05 Å². The van der Waals surface area contributed by atoms with Gasteiger partial charge in [-0.1, -0.05) is 197 Å². The van der Waals surface area contributed by atoms with E-state index in [-0.39, 0.29) is 61.6 Å². The van der Waals surface area contributed by atoms with E-state index in [0.717, 1.165) is 66.4 Å². The third-order valence-electron chi connectivity index (χ3n) is 16.7. The first kappa shape index (κ1) is 69.0. The molecule has 0 aliphatic carbocycles. The molecule has 8 N–H and O–H groups in total. The molecule has 0 unspecified atom stereocenters. The van der Waals surface area contributed by atoms with Crippen LogP contribution < -0.4 is 21.6 Å². The van der Waals surface area contributed by atoms with Crippen molar-refractivity contribution in [3.05, 3.63) is 185 Å². The number of likely N-dealkylation sites (N-methyl/N-ethyl adjacent to an activating group) is 1. The van der Waals surface area contributed by atoms with Crippen molar-refractivity contribution in [1.82, 2.24) is 29.5 Å². The summed E-state index contributed by atoms with van der Waals surface area (Å²) in [5.41, 5.74) is 22.9. The highest BCUT2D eigenvalue weighted by Crippen LogP contribution is 2.41. The summed E-state index contributed by atoms with van der Waals surface area (Å²) in [6.07, 6.45) is 1.08. The molecule has 14 nitrogen and oxygen atoms in total. The first-order valence-corrected chi connectivity index (χ1v) is 31.3. The van der Waals surface area contributed by atoms with Crippen molar-refractivity contribution in [2.75, 3.05) is 17.3 Å². The third-order valence-corrected chi connectivity index (χ3v) is 16.7. The fourth-order valence-electron chi connectivity index (χ4n) is 13.1. The van der Waals surface area contributed by atoms with Crippen molar-refractivity contribution in [2.45, 2.75) is 198 Å². The van der Waals surface area contributed by atoms with Crippen molar-refractivity contribution in [3.63, 3.8) is 0 Å². The molecule has 2 aliphatic heterocycles. The van der Waals surface area contributed by atoms with Crippen LogP contribution in [0.4, 0.5) is 11.4 Å². The number of anilines is 2. The number of aryl methyl sites for hydroxylation is 5. The highest BCUT2D eigenvalue weighted by Gasteiger charge is 2.31. The smallest absolute Gasteiger partial charge is 0.323 e. The van der Waals surface area contributed by atoms with E-state index < -0.39 is 0 Å². The third kappa shape index (κ3) is 15.2. The number of benzene rings is 6. The average molecular weight is 1220 g/mol. The van der Waals surface area contributed by atoms with Crippen molar-refractivity contribution >= 4 is 67.1 Å². The van der Waals surface area contributed by atoms with Crippen LogP contribution in [0.1, 0.15) is 191 Å². The quantitative estimate of drug-likeness (QED) is 0.0740. The maximum atomic E-state index is 11.6. The fourth-order valence-corrected chi connectivity index (χ4v) is 13.1. The summed E-state index contributed by atoms with van der Waals surface area (Å²) in [6.45, 7) is 47.5. The number of imidazole rings is 2. The van der Waals surface area contributed by atoms with Gasteiger partial charge in [-0.05, 0) is 139 Å². The average Bonchev–Trinajstić information content (AvgIpc) is 1.61. The molecule has 0 radical (unpaired) electrons. The van der Waals surface area contributed by atoms with Gasteiger partial charge in [0.15, 0.2) is 11.8 Å². The molecular formula is C76H100N8O6. The molecule has 2 aliphatic rings. The Balaban J connectivity index is 0.000000154. The molecule has 0 fully saturated rings. The molecule has 6 aromatic carbocycles. The fraction of sp³-hybridized carbons (Fsp3) is 0.421. The Morgan fingerprint density at radius 3 is 1.36 bits per heavy atom. The lowest BCUT2D eigenvalue weighted by molar-refractivity contribution is -0.117. The Morgan fingerprint density at radius 1 is 0.422 bits per heavy atom. The lowest BCUT2D eigenvalue weighted by Gasteiger charge is -2.25. The number of carbonyl (C=O) groups excluding carboxylic acids is 2. The monoisotopic (exact) mass is 1220 g/mol. The second-order valence-corrected chi connectivity index (χ2v) is 30.7. The van der Waals surface area contributed by atoms with E-state index in [4.69, 9.17) is 0 Å². The van der Waals surface area contributed by atoms with Crippen molar-refractivity contribution < 1.29 is 19.8 Å². The number of para-hydroxylation sites is 2. The van der Waals surface area contributed by atoms with Crippen molar-refractivity contribution in [1.29, 1.82) is 0 Å². The Labute approximate surface area is 532 Å². The molecule has 0 bridgehead atoms. The molecule has 90 heavy (non-hydrogen) atoms. The zero-order valence-corrected chi connectivity index (χ0v) is 58.1. The van der Waals surface area contributed by atoms with Crippen LogP contribution >= 0.6 is 0 Å². The number of aromatic hydroxyl groups is 2. The standard InChI is InChI=1S/4C13H17NO.2C12H16N2O/c2*1-8-5-6-9-7-10(15)14-12(9)11(8)13(2,3)4;2*1-13(2,3)10-7-5-6-9-8-11(15)14(4)12(9)10;2*1-7-5-6-8-10(14-11(15)13-8)9(7)12(2,3)4/h5-6H,7H2,1-4H3,(H,14,15);5-7,14-15H,1-4H3;5-7H,8H2,1-4H3;5-8,15H,1-4H3;2*5-6H,1-4H3,(H2,13,14,15). The normalized spacial score (nSPS) is 13.3. The molecule has 10 aromatic rings. The Hall–Kier alpha value is -8.52. The second-order valence-electron chi connectivity index (χ2n) is 30.7. The van der Waals surface area contributed by atoms with Gasteiger partial charge in [0.1, 0.15) is 0 Å². The summed E-state index contributed by atoms with van der Waals surface area (Å²) >= 11 is 0. The number of rotatable bonds is 0. The topological polar surface area (TPSA) is 208 Å². The van der Waals surface area contributed by atoms with Crippen LogP contribution in [0.5, 0.6) is 11.8 Å². The molecule has 4 aromatic heterocycles. The molecule has 14 heteroatoms. The van der Waals surface area contributed by atoms with E-state index in [1.54, 1.807) is 11.0 Å². The van der Waals surface area contributed by atoms with Gasteiger partial charge in [-0.25, -0.2) is 9.59 Å². The molecule has 2 amide bonds. The number of H-pyrrole nitrogens is 5. The molecule has 0 spiro atoms. The van der Waals surface area contributed by atoms with E-state index in [1.807, 2.05) is 79.3 Å². The second kappa shape index (κ2) is 25.4. The summed E-state index contributed by atoms with van der Waals surface area (Å²) in [5.74, 6) is 0.866. The minimum atomic E-state index is -0.138. The molecule has 0 saturated heterocycles. The minimum absolute atomic E-state index is 0.0364. The van der Waals surface area contributed by atoms with Gasteiger partial charge in [-0.3, -0.25) is 9.59 Å². The molecule has 480 valence electrons. The lowest BCUT2D eigenvalue weighted by atomic mass is 9.82. The summed E-state index contributed by atoms with van der Waals surface area (Å²) in [7, 11) is 3.76. The number of hydrogen-bond acceptors (Lipinski definition) is 6. The zero-order chi connectivity index (χ0) is 67.3. The van der Waals surface area contributed by atoms with E-state index in [0.29, 0.717) is 18.7 Å². The van der Waals surface area contributed by atoms with Gasteiger partial charge in [0.25, 0.3) is 0 Å². The predicted octanol–water partition coefficient (Wildman–Crippen LogP) is 16.9. The summed E-state index contributed by atoms with van der Waals surface area (Å²) in [5, 5.41) is 24.3. The molecular weight excluding hydrogens is 1120 g/mol. The van der Waals surface area contributed by atoms with Crippen molar-refractivity contribution in [3.8, 4) is 11.8 Å². The number of fused-ring (bicyclic) bond motifs is 6. The van der Waals surface area contributed by atoms with Gasteiger partial charge < -0.3 is 49.9 Å². The van der Waals surface area contributed by atoms with Crippen LogP contribution in [-0.4, -0.2) is 58.6 Å². The Kier molecular flexibility index (Phi) is 19.5. The summed E-state index contributed by atoms with van der Waals surface area (Å²) in [4.78, 5) is 61.7. The molecule has 12 rings (SSSR count). The maximum absolute atomic E-state index is 11.6. The number of nitrogens with one attached hydrogen (secondary N) is 6. The number of aromatic nitrogens is 6. The van der Waals surface area contributed by atoms with Gasteiger partial charge >= 0.3 is 11.4 Å². The predicted molar refractivity (Wildman–Crippen MR) is 376 cm³/mol. The first-order chi connectivity index (χ1) is 41.4. The number of aromatic amines is 5. The van der Waals surface area contributed by atoms with E-state index in [9.17, 15) is 29.4 Å². The molecule has 0 saturated carbocycles. The van der Waals surface area contributed by atoms with Crippen LogP contribution in [0.15, 0.2) is 107 Å². The maximum Gasteiger partial charge on any atom is 0.323 e. The van der Waals surface area contributed by atoms with Gasteiger partial charge in [0, 0.05) is 42.7 Å².